The van der Waals surface area contributed by atoms with Crippen LogP contribution in [-0.2, 0) is 9.84 Å². The molecule has 1 heterocycles. The molecule has 0 radical (unpaired) electrons. The van der Waals surface area contributed by atoms with Crippen LogP contribution < -0.4 is 5.32 Å². The van der Waals surface area contributed by atoms with Gasteiger partial charge in [-0.05, 0) is 50.7 Å². The lowest BCUT2D eigenvalue weighted by Gasteiger charge is -2.23. The minimum atomic E-state index is -2.83. The van der Waals surface area contributed by atoms with Gasteiger partial charge >= 0.3 is 0 Å². The van der Waals surface area contributed by atoms with Gasteiger partial charge in [-0.25, -0.2) is 8.42 Å². The lowest BCUT2D eigenvalue weighted by Crippen LogP contribution is -2.31. The summed E-state index contributed by atoms with van der Waals surface area (Å²) in [6, 6.07) is 8.15. The molecule has 2 rings (SSSR count). The molecule has 1 N–H and O–H groups in total. The summed E-state index contributed by atoms with van der Waals surface area (Å²) >= 11 is 5.92. The molecule has 6 heteroatoms. The number of sulfone groups is 1. The highest BCUT2D eigenvalue weighted by Crippen LogP contribution is 2.20. The Morgan fingerprint density at radius 3 is 2.62 bits per heavy atom. The molecule has 1 saturated heterocycles. The van der Waals surface area contributed by atoms with E-state index in [-0.39, 0.29) is 11.8 Å². The van der Waals surface area contributed by atoms with Gasteiger partial charge in [0.05, 0.1) is 11.5 Å². The van der Waals surface area contributed by atoms with Crippen molar-refractivity contribution in [3.05, 3.63) is 34.9 Å². The molecule has 1 aromatic carbocycles. The third-order valence-corrected chi connectivity index (χ3v) is 5.97. The SMILES string of the molecule is CNC(CCN1CCCS(=O)(=O)CC1)c1ccc(Cl)cc1. The van der Waals surface area contributed by atoms with Gasteiger partial charge in [-0.2, -0.15) is 0 Å². The van der Waals surface area contributed by atoms with E-state index in [0.717, 1.165) is 31.0 Å². The van der Waals surface area contributed by atoms with Crippen molar-refractivity contribution in [2.45, 2.75) is 18.9 Å². The van der Waals surface area contributed by atoms with Crippen molar-refractivity contribution in [1.82, 2.24) is 10.2 Å². The minimum absolute atomic E-state index is 0.266. The summed E-state index contributed by atoms with van der Waals surface area (Å²) in [4.78, 5) is 2.25. The third-order valence-electron chi connectivity index (χ3n) is 4.00. The zero-order valence-electron chi connectivity index (χ0n) is 12.4. The second-order valence-electron chi connectivity index (χ2n) is 5.53. The number of halogens is 1. The monoisotopic (exact) mass is 330 g/mol. The molecular weight excluding hydrogens is 308 g/mol. The van der Waals surface area contributed by atoms with Crippen molar-refractivity contribution in [3.63, 3.8) is 0 Å². The highest BCUT2D eigenvalue weighted by molar-refractivity contribution is 7.91. The predicted molar refractivity (Wildman–Crippen MR) is 87.6 cm³/mol. The molecule has 0 aliphatic carbocycles. The maximum atomic E-state index is 11.6. The molecule has 1 fully saturated rings. The van der Waals surface area contributed by atoms with E-state index >= 15 is 0 Å². The number of nitrogens with zero attached hydrogens (tertiary/aromatic N) is 1. The first-order chi connectivity index (χ1) is 10.00. The van der Waals surface area contributed by atoms with Crippen molar-refractivity contribution in [1.29, 1.82) is 0 Å². The summed E-state index contributed by atoms with van der Waals surface area (Å²) in [5.41, 5.74) is 1.21. The first kappa shape index (κ1) is 16.7. The summed E-state index contributed by atoms with van der Waals surface area (Å²) in [6.45, 7) is 2.43. The number of nitrogens with one attached hydrogen (secondary N) is 1. The van der Waals surface area contributed by atoms with Gasteiger partial charge < -0.3 is 10.2 Å². The highest BCUT2D eigenvalue weighted by Gasteiger charge is 2.19. The Labute approximate surface area is 132 Å². The van der Waals surface area contributed by atoms with Crippen LogP contribution in [0.15, 0.2) is 24.3 Å². The Bertz CT molecular complexity index is 545. The van der Waals surface area contributed by atoms with E-state index in [9.17, 15) is 8.42 Å². The van der Waals surface area contributed by atoms with Crippen molar-refractivity contribution in [3.8, 4) is 0 Å². The average Bonchev–Trinajstić information content (AvgIpc) is 2.62. The smallest absolute Gasteiger partial charge is 0.151 e. The standard InChI is InChI=1S/C15H23ClN2O2S/c1-17-15(13-3-5-14(16)6-4-13)7-9-18-8-2-11-21(19,20)12-10-18/h3-6,15,17H,2,7-12H2,1H3. The second kappa shape index (κ2) is 7.58. The van der Waals surface area contributed by atoms with E-state index in [2.05, 4.69) is 10.2 Å². The molecule has 0 amide bonds. The fraction of sp³-hybridized carbons (Fsp3) is 0.600. The van der Waals surface area contributed by atoms with E-state index in [1.54, 1.807) is 0 Å². The van der Waals surface area contributed by atoms with Gasteiger partial charge in [0, 0.05) is 17.6 Å². The molecule has 118 valence electrons. The average molecular weight is 331 g/mol. The van der Waals surface area contributed by atoms with Crippen molar-refractivity contribution in [2.24, 2.45) is 0 Å². The molecule has 4 nitrogen and oxygen atoms in total. The van der Waals surface area contributed by atoms with Crippen LogP contribution in [0.3, 0.4) is 0 Å². The number of hydrogen-bond acceptors (Lipinski definition) is 4. The molecule has 1 atom stereocenters. The number of hydrogen-bond donors (Lipinski definition) is 1. The zero-order valence-corrected chi connectivity index (χ0v) is 14.0. The normalized spacial score (nSPS) is 20.9. The lowest BCUT2D eigenvalue weighted by atomic mass is 10.0. The van der Waals surface area contributed by atoms with Gasteiger partial charge in [-0.1, -0.05) is 23.7 Å². The Balaban J connectivity index is 1.89. The zero-order chi connectivity index (χ0) is 15.3. The van der Waals surface area contributed by atoms with Crippen LogP contribution in [0.2, 0.25) is 5.02 Å². The first-order valence-corrected chi connectivity index (χ1v) is 9.55. The van der Waals surface area contributed by atoms with Crippen LogP contribution >= 0.6 is 11.6 Å². The van der Waals surface area contributed by atoms with Gasteiger partial charge in [0.1, 0.15) is 0 Å². The topological polar surface area (TPSA) is 49.4 Å². The Kier molecular flexibility index (Phi) is 6.05. The van der Waals surface area contributed by atoms with Crippen LogP contribution in [0.4, 0.5) is 0 Å². The summed E-state index contributed by atoms with van der Waals surface area (Å²) in [6.07, 6.45) is 1.70. The lowest BCUT2D eigenvalue weighted by molar-refractivity contribution is 0.277. The summed E-state index contributed by atoms with van der Waals surface area (Å²) in [7, 11) is -0.875. The molecule has 0 saturated carbocycles. The van der Waals surface area contributed by atoms with Crippen molar-refractivity contribution >= 4 is 21.4 Å². The van der Waals surface area contributed by atoms with Gasteiger partial charge in [-0.3, -0.25) is 0 Å². The quantitative estimate of drug-likeness (QED) is 0.898. The Morgan fingerprint density at radius 2 is 1.95 bits per heavy atom. The van der Waals surface area contributed by atoms with Crippen molar-refractivity contribution in [2.75, 3.05) is 38.2 Å². The predicted octanol–water partition coefficient (Wildman–Crippen LogP) is 2.11. The molecule has 0 bridgehead atoms. The number of benzene rings is 1. The Hall–Kier alpha value is -0.620. The summed E-state index contributed by atoms with van der Waals surface area (Å²) in [5.74, 6) is 0.619. The molecule has 1 aromatic rings. The Morgan fingerprint density at radius 1 is 1.24 bits per heavy atom. The van der Waals surface area contributed by atoms with Gasteiger partial charge in [-0.15, -0.1) is 0 Å². The fourth-order valence-corrected chi connectivity index (χ4v) is 4.13. The number of rotatable bonds is 5. The molecule has 1 aliphatic heterocycles. The van der Waals surface area contributed by atoms with Crippen LogP contribution in [0.1, 0.15) is 24.4 Å². The second-order valence-corrected chi connectivity index (χ2v) is 8.27. The largest absolute Gasteiger partial charge is 0.313 e. The summed E-state index contributed by atoms with van der Waals surface area (Å²) < 4.78 is 23.2. The maximum Gasteiger partial charge on any atom is 0.151 e. The fourth-order valence-electron chi connectivity index (χ4n) is 2.70. The molecule has 21 heavy (non-hydrogen) atoms. The minimum Gasteiger partial charge on any atom is -0.313 e. The van der Waals surface area contributed by atoms with E-state index in [0.29, 0.717) is 12.3 Å². The van der Waals surface area contributed by atoms with Crippen LogP contribution in [0.25, 0.3) is 0 Å². The maximum absolute atomic E-state index is 11.6. The summed E-state index contributed by atoms with van der Waals surface area (Å²) in [5, 5.41) is 4.06. The molecule has 1 unspecified atom stereocenters. The van der Waals surface area contributed by atoms with E-state index in [4.69, 9.17) is 11.6 Å². The van der Waals surface area contributed by atoms with Gasteiger partial charge in [0.25, 0.3) is 0 Å². The van der Waals surface area contributed by atoms with Crippen molar-refractivity contribution < 1.29 is 8.42 Å². The highest BCUT2D eigenvalue weighted by atomic mass is 35.5. The van der Waals surface area contributed by atoms with E-state index in [1.807, 2.05) is 31.3 Å². The first-order valence-electron chi connectivity index (χ1n) is 7.36. The molecule has 0 aromatic heterocycles. The van der Waals surface area contributed by atoms with Crippen LogP contribution in [-0.4, -0.2) is 51.5 Å². The molecule has 1 aliphatic rings. The van der Waals surface area contributed by atoms with Crippen LogP contribution in [0.5, 0.6) is 0 Å². The van der Waals surface area contributed by atoms with E-state index in [1.165, 1.54) is 5.56 Å². The third kappa shape index (κ3) is 5.25. The van der Waals surface area contributed by atoms with Gasteiger partial charge in [0.2, 0.25) is 0 Å². The molecular formula is C15H23ClN2O2S. The van der Waals surface area contributed by atoms with Crippen LogP contribution in [0, 0.1) is 0 Å². The molecule has 0 spiro atoms. The van der Waals surface area contributed by atoms with Gasteiger partial charge in [0.15, 0.2) is 9.84 Å². The van der Waals surface area contributed by atoms with E-state index < -0.39 is 9.84 Å².